The van der Waals surface area contributed by atoms with Crippen LogP contribution in [0.2, 0.25) is 0 Å². The van der Waals surface area contributed by atoms with Crippen molar-refractivity contribution < 1.29 is 19.7 Å². The van der Waals surface area contributed by atoms with Crippen LogP contribution in [-0.2, 0) is 0 Å². The van der Waals surface area contributed by atoms with Gasteiger partial charge in [0.15, 0.2) is 0 Å². The molecule has 1 unspecified atom stereocenters. The summed E-state index contributed by atoms with van der Waals surface area (Å²) in [7, 11) is 0. The molecule has 0 saturated heterocycles. The summed E-state index contributed by atoms with van der Waals surface area (Å²) in [5, 5.41) is 15.6. The second kappa shape index (κ2) is 9.69. The molecule has 0 aliphatic carbocycles. The lowest BCUT2D eigenvalue weighted by molar-refractivity contribution is -0.0952. The maximum atomic E-state index is 9.07. The second-order valence-corrected chi connectivity index (χ2v) is 5.58. The number of aliphatic hydroxyl groups is 2. The first-order valence-corrected chi connectivity index (χ1v) is 8.01. The Bertz CT molecular complexity index is 681. The van der Waals surface area contributed by atoms with E-state index in [1.54, 1.807) is 30.3 Å². The molecule has 0 amide bonds. The summed E-state index contributed by atoms with van der Waals surface area (Å²) in [4.78, 5) is 0. The molecule has 3 aromatic carbocycles. The predicted octanol–water partition coefficient (Wildman–Crippen LogP) is 4.42. The van der Waals surface area contributed by atoms with Crippen molar-refractivity contribution in [2.24, 2.45) is 0 Å². The average Bonchev–Trinajstić information content (AvgIpc) is 2.64. The summed E-state index contributed by atoms with van der Waals surface area (Å²) in [5.41, 5.74) is 0. The Hall–Kier alpha value is -2.53. The summed E-state index contributed by atoms with van der Waals surface area (Å²) in [6, 6.07) is 28.0. The number of benzene rings is 3. The van der Waals surface area contributed by atoms with Gasteiger partial charge in [-0.25, -0.2) is 0 Å². The molecule has 3 aromatic rings. The van der Waals surface area contributed by atoms with Crippen molar-refractivity contribution in [3.05, 3.63) is 91.0 Å². The number of hydrogen-bond acceptors (Lipinski definition) is 4. The Kier molecular flexibility index (Phi) is 7.29. The fourth-order valence-electron chi connectivity index (χ4n) is 1.81. The minimum Gasteiger partial charge on any atom is -0.457 e. The highest BCUT2D eigenvalue weighted by molar-refractivity contribution is 6.21. The molecule has 4 nitrogen and oxygen atoms in total. The molecule has 0 spiro atoms. The van der Waals surface area contributed by atoms with Gasteiger partial charge in [0, 0.05) is 0 Å². The Labute approximate surface area is 151 Å². The molecule has 0 aromatic heterocycles. The minimum absolute atomic E-state index is 0.407. The zero-order chi connectivity index (χ0) is 18.0. The van der Waals surface area contributed by atoms with Gasteiger partial charge in [0.2, 0.25) is 0 Å². The summed E-state index contributed by atoms with van der Waals surface area (Å²) in [6.45, 7) is -0.663. The van der Waals surface area contributed by atoms with Gasteiger partial charge in [0.25, 0.3) is 0 Å². The first-order valence-electron chi connectivity index (χ1n) is 7.63. The van der Waals surface area contributed by atoms with E-state index in [1.807, 2.05) is 60.7 Å². The molecule has 3 rings (SSSR count). The number of aliphatic hydroxyl groups excluding tert-OH is 1. The van der Waals surface area contributed by atoms with Gasteiger partial charge in [-0.15, -0.1) is 0 Å². The third-order valence-electron chi connectivity index (χ3n) is 2.93. The molecule has 0 bridgehead atoms. The van der Waals surface area contributed by atoms with Crippen molar-refractivity contribution in [1.29, 1.82) is 0 Å². The van der Waals surface area contributed by atoms with Crippen LogP contribution in [0, 0.1) is 0 Å². The Morgan fingerprint density at radius 1 is 0.680 bits per heavy atom. The molecule has 1 atom stereocenters. The van der Waals surface area contributed by atoms with Gasteiger partial charge >= 0.3 is 5.25 Å². The highest BCUT2D eigenvalue weighted by Crippen LogP contribution is 2.20. The van der Waals surface area contributed by atoms with Crippen LogP contribution in [0.5, 0.6) is 17.2 Å². The second-order valence-electron chi connectivity index (χ2n) is 4.99. The van der Waals surface area contributed by atoms with E-state index in [1.165, 1.54) is 0 Å². The molecular formula is C20H19ClO4. The molecular weight excluding hydrogens is 340 g/mol. The Morgan fingerprint density at radius 3 is 1.40 bits per heavy atom. The zero-order valence-corrected chi connectivity index (χ0v) is 14.2. The first kappa shape index (κ1) is 18.8. The standard InChI is InChI=1S/C12H10O.C8H9ClO3/c1-3-7-11(8-4-1)13-12-9-5-2-6-10-12;9-8(11,6-10)12-7-4-2-1-3-5-7/h1-10H;1-5,10-11H,6H2. The third-order valence-corrected chi connectivity index (χ3v) is 3.13. The van der Waals surface area contributed by atoms with Crippen molar-refractivity contribution in [2.75, 3.05) is 6.61 Å². The van der Waals surface area contributed by atoms with Gasteiger partial charge in [-0.2, -0.15) is 0 Å². The van der Waals surface area contributed by atoms with Crippen LogP contribution in [0.15, 0.2) is 91.0 Å². The highest BCUT2D eigenvalue weighted by atomic mass is 35.5. The van der Waals surface area contributed by atoms with Crippen molar-refractivity contribution >= 4 is 11.6 Å². The van der Waals surface area contributed by atoms with E-state index in [2.05, 4.69) is 0 Å². The van der Waals surface area contributed by atoms with Gasteiger partial charge < -0.3 is 19.7 Å². The maximum Gasteiger partial charge on any atom is 0.311 e. The molecule has 0 saturated carbocycles. The van der Waals surface area contributed by atoms with Crippen LogP contribution in [0.3, 0.4) is 0 Å². The number of para-hydroxylation sites is 3. The molecule has 130 valence electrons. The molecule has 0 radical (unpaired) electrons. The molecule has 0 aliphatic rings. The van der Waals surface area contributed by atoms with Crippen molar-refractivity contribution in [3.63, 3.8) is 0 Å². The predicted molar refractivity (Wildman–Crippen MR) is 97.9 cm³/mol. The fourth-order valence-corrected chi connectivity index (χ4v) is 1.90. The molecule has 2 N–H and O–H groups in total. The molecule has 0 fully saturated rings. The SMILES string of the molecule is OCC(O)(Cl)Oc1ccccc1.c1ccc(Oc2ccccc2)cc1. The summed E-state index contributed by atoms with van der Waals surface area (Å²) >= 11 is 5.34. The largest absolute Gasteiger partial charge is 0.457 e. The normalized spacial score (nSPS) is 12.3. The fraction of sp³-hybridized carbons (Fsp3) is 0.100. The molecule has 0 heterocycles. The summed E-state index contributed by atoms with van der Waals surface area (Å²) in [6.07, 6.45) is 0. The van der Waals surface area contributed by atoms with Crippen LogP contribution in [0.1, 0.15) is 0 Å². The van der Waals surface area contributed by atoms with Crippen LogP contribution in [0.4, 0.5) is 0 Å². The van der Waals surface area contributed by atoms with E-state index in [9.17, 15) is 0 Å². The van der Waals surface area contributed by atoms with Crippen molar-refractivity contribution in [2.45, 2.75) is 5.25 Å². The van der Waals surface area contributed by atoms with Gasteiger partial charge in [-0.3, -0.25) is 0 Å². The van der Waals surface area contributed by atoms with E-state index in [4.69, 9.17) is 31.3 Å². The van der Waals surface area contributed by atoms with E-state index in [0.717, 1.165) is 11.5 Å². The number of ether oxygens (including phenoxy) is 2. The van der Waals surface area contributed by atoms with Crippen LogP contribution >= 0.6 is 11.6 Å². The summed E-state index contributed by atoms with van der Waals surface area (Å²) < 4.78 is 10.4. The van der Waals surface area contributed by atoms with Crippen LogP contribution < -0.4 is 9.47 Å². The average molecular weight is 359 g/mol. The first-order chi connectivity index (χ1) is 12.1. The lowest BCUT2D eigenvalue weighted by atomic mass is 10.3. The number of rotatable bonds is 5. The van der Waals surface area contributed by atoms with Gasteiger partial charge in [-0.05, 0) is 48.0 Å². The monoisotopic (exact) mass is 358 g/mol. The zero-order valence-electron chi connectivity index (χ0n) is 13.5. The summed E-state index contributed by atoms with van der Waals surface area (Å²) in [5.74, 6) is 2.14. The topological polar surface area (TPSA) is 58.9 Å². The Balaban J connectivity index is 0.000000181. The molecule has 25 heavy (non-hydrogen) atoms. The lowest BCUT2D eigenvalue weighted by Gasteiger charge is -2.18. The van der Waals surface area contributed by atoms with E-state index in [0.29, 0.717) is 5.75 Å². The maximum absolute atomic E-state index is 9.07. The quantitative estimate of drug-likeness (QED) is 0.523. The Morgan fingerprint density at radius 2 is 1.04 bits per heavy atom. The van der Waals surface area contributed by atoms with E-state index < -0.39 is 11.9 Å². The molecule has 5 heteroatoms. The van der Waals surface area contributed by atoms with Gasteiger partial charge in [-0.1, -0.05) is 54.6 Å². The third kappa shape index (κ3) is 7.27. The number of halogens is 1. The van der Waals surface area contributed by atoms with Crippen molar-refractivity contribution in [3.8, 4) is 17.2 Å². The van der Waals surface area contributed by atoms with Gasteiger partial charge in [0.05, 0.1) is 0 Å². The van der Waals surface area contributed by atoms with Crippen molar-refractivity contribution in [1.82, 2.24) is 0 Å². The van der Waals surface area contributed by atoms with Crippen LogP contribution in [0.25, 0.3) is 0 Å². The van der Waals surface area contributed by atoms with E-state index in [-0.39, 0.29) is 0 Å². The lowest BCUT2D eigenvalue weighted by Crippen LogP contribution is -2.32. The van der Waals surface area contributed by atoms with E-state index >= 15 is 0 Å². The smallest absolute Gasteiger partial charge is 0.311 e. The number of hydrogen-bond donors (Lipinski definition) is 2. The molecule has 0 aliphatic heterocycles. The number of alkyl halides is 1. The van der Waals surface area contributed by atoms with Gasteiger partial charge in [0.1, 0.15) is 23.9 Å². The minimum atomic E-state index is -2.03. The highest BCUT2D eigenvalue weighted by Gasteiger charge is 2.24. The van der Waals surface area contributed by atoms with Crippen LogP contribution in [-0.4, -0.2) is 22.1 Å².